The number of ether oxygens (including phenoxy) is 1. The number of furan rings is 1. The molecule has 0 aromatic carbocycles. The van der Waals surface area contributed by atoms with E-state index in [1.54, 1.807) is 12.1 Å². The van der Waals surface area contributed by atoms with Gasteiger partial charge in [0.25, 0.3) is 5.91 Å². The summed E-state index contributed by atoms with van der Waals surface area (Å²) in [6, 6.07) is 3.76. The molecular weight excluding hydrogens is 348 g/mol. The molecule has 1 atom stereocenters. The normalized spacial score (nSPS) is 17.6. The van der Waals surface area contributed by atoms with Crippen LogP contribution in [0.3, 0.4) is 0 Å². The van der Waals surface area contributed by atoms with Gasteiger partial charge >= 0.3 is 0 Å². The summed E-state index contributed by atoms with van der Waals surface area (Å²) in [4.78, 5) is 14.6. The first-order valence-electron chi connectivity index (χ1n) is 8.01. The predicted octanol–water partition coefficient (Wildman–Crippen LogP) is 2.91. The monoisotopic (exact) mass is 372 g/mol. The van der Waals surface area contributed by atoms with E-state index in [9.17, 15) is 4.79 Å². The second-order valence-corrected chi connectivity index (χ2v) is 6.39. The molecule has 6 heteroatoms. The SMILES string of the molecule is CCC(CC)C(CNC(=O)c1ccc(Br)o1)N1CCOCC1. The number of hydrogen-bond donors (Lipinski definition) is 1. The molecule has 1 fully saturated rings. The van der Waals surface area contributed by atoms with Crippen molar-refractivity contribution in [3.8, 4) is 0 Å². The first kappa shape index (κ1) is 17.5. The van der Waals surface area contributed by atoms with Gasteiger partial charge in [-0.15, -0.1) is 0 Å². The number of carbonyl (C=O) groups excluding carboxylic acids is 1. The molecule has 1 aromatic rings. The van der Waals surface area contributed by atoms with Crippen LogP contribution >= 0.6 is 15.9 Å². The summed E-state index contributed by atoms with van der Waals surface area (Å²) < 4.78 is 11.3. The molecule has 1 amide bonds. The van der Waals surface area contributed by atoms with Crippen LogP contribution in [0, 0.1) is 5.92 Å². The fourth-order valence-electron chi connectivity index (χ4n) is 3.06. The predicted molar refractivity (Wildman–Crippen MR) is 89.0 cm³/mol. The Morgan fingerprint density at radius 2 is 2.00 bits per heavy atom. The van der Waals surface area contributed by atoms with Crippen LogP contribution in [-0.2, 0) is 4.74 Å². The second kappa shape index (κ2) is 8.70. The lowest BCUT2D eigenvalue weighted by Crippen LogP contribution is -2.52. The molecule has 5 nitrogen and oxygen atoms in total. The van der Waals surface area contributed by atoms with E-state index >= 15 is 0 Å². The smallest absolute Gasteiger partial charge is 0.287 e. The summed E-state index contributed by atoms with van der Waals surface area (Å²) in [5, 5.41) is 3.02. The highest BCUT2D eigenvalue weighted by molar-refractivity contribution is 9.10. The van der Waals surface area contributed by atoms with E-state index in [1.165, 1.54) is 0 Å². The molecule has 0 bridgehead atoms. The minimum absolute atomic E-state index is 0.157. The van der Waals surface area contributed by atoms with Gasteiger partial charge in [-0.1, -0.05) is 26.7 Å². The Kier molecular flexibility index (Phi) is 6.92. The molecule has 1 aliphatic heterocycles. The number of rotatable bonds is 7. The maximum atomic E-state index is 12.2. The van der Waals surface area contributed by atoms with Crippen LogP contribution in [0.4, 0.5) is 0 Å². The standard InChI is InChI=1S/C16H25BrN2O3/c1-3-12(4-2)13(19-7-9-21-10-8-19)11-18-16(20)14-5-6-15(17)22-14/h5-6,12-13H,3-4,7-11H2,1-2H3,(H,18,20). The van der Waals surface area contributed by atoms with E-state index in [4.69, 9.17) is 9.15 Å². The van der Waals surface area contributed by atoms with Crippen molar-refractivity contribution in [2.24, 2.45) is 5.92 Å². The van der Waals surface area contributed by atoms with Gasteiger partial charge in [-0.2, -0.15) is 0 Å². The number of amides is 1. The van der Waals surface area contributed by atoms with E-state index in [2.05, 4.69) is 40.0 Å². The fourth-order valence-corrected chi connectivity index (χ4v) is 3.36. The highest BCUT2D eigenvalue weighted by Crippen LogP contribution is 2.20. The Bertz CT molecular complexity index is 468. The third-order valence-electron chi connectivity index (χ3n) is 4.38. The van der Waals surface area contributed by atoms with Gasteiger partial charge in [0.1, 0.15) is 0 Å². The highest BCUT2D eigenvalue weighted by Gasteiger charge is 2.27. The quantitative estimate of drug-likeness (QED) is 0.799. The molecule has 22 heavy (non-hydrogen) atoms. The lowest BCUT2D eigenvalue weighted by Gasteiger charge is -2.38. The molecule has 0 radical (unpaired) electrons. The summed E-state index contributed by atoms with van der Waals surface area (Å²) in [6.07, 6.45) is 2.22. The fraction of sp³-hybridized carbons (Fsp3) is 0.688. The zero-order chi connectivity index (χ0) is 15.9. The van der Waals surface area contributed by atoms with Crippen LogP contribution in [0.1, 0.15) is 37.2 Å². The molecule has 2 heterocycles. The molecule has 0 saturated carbocycles. The minimum atomic E-state index is -0.157. The average Bonchev–Trinajstić information content (AvgIpc) is 2.98. The van der Waals surface area contributed by atoms with Crippen LogP contribution in [0.2, 0.25) is 0 Å². The molecule has 2 rings (SSSR count). The van der Waals surface area contributed by atoms with Gasteiger partial charge < -0.3 is 14.5 Å². The summed E-state index contributed by atoms with van der Waals surface area (Å²) in [7, 11) is 0. The molecule has 124 valence electrons. The van der Waals surface area contributed by atoms with Gasteiger partial charge in [0, 0.05) is 25.7 Å². The van der Waals surface area contributed by atoms with Crippen molar-refractivity contribution in [2.45, 2.75) is 32.7 Å². The summed E-state index contributed by atoms with van der Waals surface area (Å²) in [5.41, 5.74) is 0. The summed E-state index contributed by atoms with van der Waals surface area (Å²) >= 11 is 3.22. The van der Waals surface area contributed by atoms with E-state index in [1.807, 2.05) is 0 Å². The van der Waals surface area contributed by atoms with E-state index < -0.39 is 0 Å². The van der Waals surface area contributed by atoms with Crippen molar-refractivity contribution < 1.29 is 13.9 Å². The molecule has 0 spiro atoms. The summed E-state index contributed by atoms with van der Waals surface area (Å²) in [6.45, 7) is 8.49. The van der Waals surface area contributed by atoms with Crippen LogP contribution in [0.5, 0.6) is 0 Å². The van der Waals surface area contributed by atoms with Gasteiger partial charge in [-0.05, 0) is 34.0 Å². The molecule has 1 N–H and O–H groups in total. The van der Waals surface area contributed by atoms with Crippen LogP contribution < -0.4 is 5.32 Å². The zero-order valence-electron chi connectivity index (χ0n) is 13.3. The number of morpholine rings is 1. The van der Waals surface area contributed by atoms with Crippen LogP contribution in [0.25, 0.3) is 0 Å². The van der Waals surface area contributed by atoms with Gasteiger partial charge in [0.15, 0.2) is 10.4 Å². The van der Waals surface area contributed by atoms with E-state index in [-0.39, 0.29) is 5.91 Å². The van der Waals surface area contributed by atoms with Gasteiger partial charge in [-0.25, -0.2) is 0 Å². The molecule has 1 unspecified atom stereocenters. The van der Waals surface area contributed by atoms with E-state index in [0.717, 1.165) is 39.1 Å². The van der Waals surface area contributed by atoms with Crippen molar-refractivity contribution in [1.29, 1.82) is 0 Å². The molecule has 1 aliphatic rings. The molecular formula is C16H25BrN2O3. The number of hydrogen-bond acceptors (Lipinski definition) is 4. The maximum Gasteiger partial charge on any atom is 0.287 e. The van der Waals surface area contributed by atoms with E-state index in [0.29, 0.717) is 28.9 Å². The van der Waals surface area contributed by atoms with Crippen molar-refractivity contribution in [3.63, 3.8) is 0 Å². The minimum Gasteiger partial charge on any atom is -0.444 e. The number of halogens is 1. The number of carbonyl (C=O) groups is 1. The Morgan fingerprint density at radius 3 is 2.55 bits per heavy atom. The lowest BCUT2D eigenvalue weighted by molar-refractivity contribution is 0.00184. The first-order valence-corrected chi connectivity index (χ1v) is 8.80. The number of nitrogens with one attached hydrogen (secondary N) is 1. The lowest BCUT2D eigenvalue weighted by atomic mass is 9.92. The Labute approximate surface area is 140 Å². The Balaban J connectivity index is 1.97. The number of nitrogens with zero attached hydrogens (tertiary/aromatic N) is 1. The van der Waals surface area contributed by atoms with Crippen molar-refractivity contribution in [2.75, 3.05) is 32.8 Å². The molecule has 1 saturated heterocycles. The first-order chi connectivity index (χ1) is 10.7. The highest BCUT2D eigenvalue weighted by atomic mass is 79.9. The third-order valence-corrected chi connectivity index (χ3v) is 4.80. The van der Waals surface area contributed by atoms with Crippen molar-refractivity contribution >= 4 is 21.8 Å². The third kappa shape index (κ3) is 4.57. The van der Waals surface area contributed by atoms with Crippen LogP contribution in [0.15, 0.2) is 21.2 Å². The van der Waals surface area contributed by atoms with Gasteiger partial charge in [-0.3, -0.25) is 9.69 Å². The summed E-state index contributed by atoms with van der Waals surface area (Å²) in [5.74, 6) is 0.758. The Hall–Kier alpha value is -0.850. The largest absolute Gasteiger partial charge is 0.444 e. The topological polar surface area (TPSA) is 54.7 Å². The maximum absolute atomic E-state index is 12.2. The average molecular weight is 373 g/mol. The second-order valence-electron chi connectivity index (χ2n) is 5.61. The Morgan fingerprint density at radius 1 is 1.32 bits per heavy atom. The zero-order valence-corrected chi connectivity index (χ0v) is 14.9. The van der Waals surface area contributed by atoms with Crippen molar-refractivity contribution in [3.05, 3.63) is 22.6 Å². The molecule has 1 aromatic heterocycles. The van der Waals surface area contributed by atoms with Gasteiger partial charge in [0.05, 0.1) is 13.2 Å². The van der Waals surface area contributed by atoms with Crippen molar-refractivity contribution in [1.82, 2.24) is 10.2 Å². The van der Waals surface area contributed by atoms with Gasteiger partial charge in [0.2, 0.25) is 0 Å². The van der Waals surface area contributed by atoms with Crippen LogP contribution in [-0.4, -0.2) is 49.7 Å². The molecule has 0 aliphatic carbocycles.